The molecule has 0 atom stereocenters. The standard InChI is InChI=1S/C6H13O3P.H2/c1-6(2)4-8-10(7-3)9-5-6;/h4-5H2,1-3H3;1H. The highest BCUT2D eigenvalue weighted by atomic mass is 31.2. The van der Waals surface area contributed by atoms with Crippen LogP contribution in [0.2, 0.25) is 0 Å². The van der Waals surface area contributed by atoms with Gasteiger partial charge in [0, 0.05) is 14.0 Å². The van der Waals surface area contributed by atoms with Crippen LogP contribution in [0.25, 0.3) is 0 Å². The highest BCUT2D eigenvalue weighted by molar-refractivity contribution is 7.41. The molecule has 1 saturated heterocycles. The molecule has 0 radical (unpaired) electrons. The molecular formula is C6H15O3P. The van der Waals surface area contributed by atoms with Crippen molar-refractivity contribution in [3.63, 3.8) is 0 Å². The third-order valence-electron chi connectivity index (χ3n) is 1.27. The second kappa shape index (κ2) is 3.14. The van der Waals surface area contributed by atoms with Crippen LogP contribution in [0.3, 0.4) is 0 Å². The van der Waals surface area contributed by atoms with E-state index in [2.05, 4.69) is 13.8 Å². The van der Waals surface area contributed by atoms with Gasteiger partial charge < -0.3 is 13.6 Å². The molecule has 0 bridgehead atoms. The van der Waals surface area contributed by atoms with Crippen LogP contribution in [0.1, 0.15) is 15.3 Å². The van der Waals surface area contributed by atoms with Crippen molar-refractivity contribution in [1.29, 1.82) is 0 Å². The molecule has 0 saturated carbocycles. The Morgan fingerprint density at radius 2 is 1.90 bits per heavy atom. The first-order valence-corrected chi connectivity index (χ1v) is 4.34. The molecule has 1 rings (SSSR count). The van der Waals surface area contributed by atoms with Gasteiger partial charge >= 0.3 is 8.60 Å². The summed E-state index contributed by atoms with van der Waals surface area (Å²) in [6, 6.07) is 0. The lowest BCUT2D eigenvalue weighted by molar-refractivity contribution is 0.0338. The predicted octanol–water partition coefficient (Wildman–Crippen LogP) is 2.18. The van der Waals surface area contributed by atoms with Gasteiger partial charge in [-0.15, -0.1) is 0 Å². The highest BCUT2D eigenvalue weighted by Crippen LogP contribution is 2.45. The molecule has 0 spiro atoms. The van der Waals surface area contributed by atoms with Crippen LogP contribution in [-0.2, 0) is 13.6 Å². The molecule has 1 aliphatic heterocycles. The Labute approximate surface area is 64.1 Å². The largest absolute Gasteiger partial charge is 0.332 e. The first-order chi connectivity index (χ1) is 4.64. The fourth-order valence-electron chi connectivity index (χ4n) is 0.639. The van der Waals surface area contributed by atoms with Gasteiger partial charge in [-0.3, -0.25) is 0 Å². The molecule has 10 heavy (non-hydrogen) atoms. The number of rotatable bonds is 1. The van der Waals surface area contributed by atoms with Crippen molar-refractivity contribution in [1.82, 2.24) is 0 Å². The maximum Gasteiger partial charge on any atom is 0.332 e. The molecule has 0 aromatic carbocycles. The third-order valence-corrected chi connectivity index (χ3v) is 2.25. The van der Waals surface area contributed by atoms with Crippen molar-refractivity contribution in [3.05, 3.63) is 0 Å². The van der Waals surface area contributed by atoms with Crippen molar-refractivity contribution in [2.75, 3.05) is 20.3 Å². The van der Waals surface area contributed by atoms with Crippen molar-refractivity contribution in [3.8, 4) is 0 Å². The van der Waals surface area contributed by atoms with Gasteiger partial charge in [0.2, 0.25) is 0 Å². The van der Waals surface area contributed by atoms with Gasteiger partial charge in [0.1, 0.15) is 0 Å². The van der Waals surface area contributed by atoms with Crippen LogP contribution >= 0.6 is 8.60 Å². The quantitative estimate of drug-likeness (QED) is 0.559. The zero-order chi connectivity index (χ0) is 7.61. The highest BCUT2D eigenvalue weighted by Gasteiger charge is 2.29. The van der Waals surface area contributed by atoms with E-state index < -0.39 is 8.60 Å². The average Bonchev–Trinajstić information content (AvgIpc) is 1.88. The van der Waals surface area contributed by atoms with Gasteiger partial charge in [-0.2, -0.15) is 0 Å². The summed E-state index contributed by atoms with van der Waals surface area (Å²) >= 11 is 0. The third kappa shape index (κ3) is 2.17. The molecule has 62 valence electrons. The maximum absolute atomic E-state index is 5.26. The summed E-state index contributed by atoms with van der Waals surface area (Å²) in [5.41, 5.74) is 0.150. The topological polar surface area (TPSA) is 27.7 Å². The fraction of sp³-hybridized carbons (Fsp3) is 1.00. The Morgan fingerprint density at radius 1 is 1.40 bits per heavy atom. The summed E-state index contributed by atoms with van der Waals surface area (Å²) in [6.45, 7) is 5.67. The molecule has 0 N–H and O–H groups in total. The molecule has 0 aliphatic carbocycles. The zero-order valence-corrected chi connectivity index (χ0v) is 7.48. The van der Waals surface area contributed by atoms with E-state index in [1.54, 1.807) is 7.11 Å². The van der Waals surface area contributed by atoms with E-state index >= 15 is 0 Å². The summed E-state index contributed by atoms with van der Waals surface area (Å²) in [4.78, 5) is 0. The molecule has 0 aromatic rings. The predicted molar refractivity (Wildman–Crippen MR) is 41.7 cm³/mol. The number of hydrogen-bond donors (Lipinski definition) is 0. The Kier molecular flexibility index (Phi) is 2.64. The Morgan fingerprint density at radius 3 is 2.30 bits per heavy atom. The first-order valence-electron chi connectivity index (χ1n) is 3.24. The Bertz CT molecular complexity index is 110. The minimum absolute atomic E-state index is 0. The van der Waals surface area contributed by atoms with Gasteiger partial charge in [-0.05, 0) is 0 Å². The maximum atomic E-state index is 5.26. The van der Waals surface area contributed by atoms with E-state index in [9.17, 15) is 0 Å². The van der Waals surface area contributed by atoms with E-state index in [0.29, 0.717) is 0 Å². The minimum Gasteiger partial charge on any atom is -0.316 e. The summed E-state index contributed by atoms with van der Waals surface area (Å²) in [5.74, 6) is 0. The molecule has 0 aromatic heterocycles. The van der Waals surface area contributed by atoms with Crippen LogP contribution in [0.15, 0.2) is 0 Å². The van der Waals surface area contributed by atoms with Crippen molar-refractivity contribution in [2.24, 2.45) is 5.41 Å². The lowest BCUT2D eigenvalue weighted by Crippen LogP contribution is -2.28. The van der Waals surface area contributed by atoms with E-state index in [-0.39, 0.29) is 6.84 Å². The van der Waals surface area contributed by atoms with E-state index in [1.807, 2.05) is 0 Å². The summed E-state index contributed by atoms with van der Waals surface area (Å²) < 4.78 is 15.4. The van der Waals surface area contributed by atoms with E-state index in [0.717, 1.165) is 13.2 Å². The van der Waals surface area contributed by atoms with Crippen molar-refractivity contribution < 1.29 is 15.0 Å². The molecule has 3 nitrogen and oxygen atoms in total. The van der Waals surface area contributed by atoms with E-state index in [4.69, 9.17) is 13.6 Å². The van der Waals surface area contributed by atoms with Gasteiger partial charge in [0.15, 0.2) is 0 Å². The second-order valence-electron chi connectivity index (χ2n) is 3.12. The normalized spacial score (nSPS) is 26.7. The average molecular weight is 166 g/mol. The molecule has 0 amide bonds. The van der Waals surface area contributed by atoms with Gasteiger partial charge in [-0.25, -0.2) is 0 Å². The monoisotopic (exact) mass is 166 g/mol. The van der Waals surface area contributed by atoms with Crippen LogP contribution < -0.4 is 0 Å². The molecule has 0 unspecified atom stereocenters. The zero-order valence-electron chi connectivity index (χ0n) is 6.59. The van der Waals surface area contributed by atoms with Crippen molar-refractivity contribution >= 4 is 8.60 Å². The van der Waals surface area contributed by atoms with Crippen LogP contribution in [0, 0.1) is 5.41 Å². The molecule has 1 aliphatic rings. The van der Waals surface area contributed by atoms with Crippen molar-refractivity contribution in [2.45, 2.75) is 13.8 Å². The van der Waals surface area contributed by atoms with Crippen LogP contribution in [0.5, 0.6) is 0 Å². The molecule has 1 heterocycles. The van der Waals surface area contributed by atoms with Crippen LogP contribution in [0.4, 0.5) is 0 Å². The SMILES string of the molecule is COP1OCC(C)(C)CO1.[HH]. The lowest BCUT2D eigenvalue weighted by atomic mass is 9.97. The van der Waals surface area contributed by atoms with Gasteiger partial charge in [-0.1, -0.05) is 13.8 Å². The fourth-order valence-corrected chi connectivity index (χ4v) is 1.83. The van der Waals surface area contributed by atoms with Gasteiger partial charge in [0.05, 0.1) is 13.2 Å². The second-order valence-corrected chi connectivity index (χ2v) is 4.45. The molecular weight excluding hydrogens is 151 g/mol. The molecule has 4 heteroatoms. The smallest absolute Gasteiger partial charge is 0.316 e. The van der Waals surface area contributed by atoms with Crippen LogP contribution in [-0.4, -0.2) is 20.3 Å². The molecule has 1 fully saturated rings. The summed E-state index contributed by atoms with van der Waals surface area (Å²) in [6.07, 6.45) is 0. The summed E-state index contributed by atoms with van der Waals surface area (Å²) in [5, 5.41) is 0. The Balaban J connectivity index is 0.000001000. The Hall–Kier alpha value is 0.310. The first kappa shape index (κ1) is 8.41. The number of hydrogen-bond acceptors (Lipinski definition) is 3. The van der Waals surface area contributed by atoms with E-state index in [1.165, 1.54) is 0 Å². The van der Waals surface area contributed by atoms with Gasteiger partial charge in [0.25, 0.3) is 0 Å². The minimum atomic E-state index is -1.03. The lowest BCUT2D eigenvalue weighted by Gasteiger charge is -2.31. The summed E-state index contributed by atoms with van der Waals surface area (Å²) in [7, 11) is 0.573.